The summed E-state index contributed by atoms with van der Waals surface area (Å²) in [7, 11) is 6.63. The van der Waals surface area contributed by atoms with Gasteiger partial charge < -0.3 is 10.2 Å². The van der Waals surface area contributed by atoms with E-state index in [4.69, 9.17) is 0 Å². The Balaban J connectivity index is 2.02. The number of aryl methyl sites for hydroxylation is 1. The lowest BCUT2D eigenvalue weighted by Crippen LogP contribution is -2.56. The Kier molecular flexibility index (Phi) is 4.82. The lowest BCUT2D eigenvalue weighted by atomic mass is 9.83. The molecule has 2 nitrogen and oxygen atoms in total. The highest BCUT2D eigenvalue weighted by molar-refractivity contribution is 7.07. The van der Waals surface area contributed by atoms with E-state index in [-0.39, 0.29) is 0 Å². The van der Waals surface area contributed by atoms with Crippen molar-refractivity contribution in [2.45, 2.75) is 50.1 Å². The average molecular weight is 266 g/mol. The molecule has 1 aliphatic carbocycles. The number of hydrogen-bond acceptors (Lipinski definition) is 3. The Bertz CT molecular complexity index is 339. The zero-order valence-electron chi connectivity index (χ0n) is 11.9. The third-order valence-electron chi connectivity index (χ3n) is 4.66. The number of hydrogen-bond donors (Lipinski definition) is 1. The lowest BCUT2D eigenvalue weighted by molar-refractivity contribution is 0.104. The number of nitrogens with zero attached hydrogens (tertiary/aromatic N) is 1. The fourth-order valence-corrected chi connectivity index (χ4v) is 4.23. The summed E-state index contributed by atoms with van der Waals surface area (Å²) in [5.74, 6) is 0. The second-order valence-corrected chi connectivity index (χ2v) is 6.50. The summed E-state index contributed by atoms with van der Waals surface area (Å²) >= 11 is 1.81. The topological polar surface area (TPSA) is 15.3 Å². The molecule has 0 aliphatic heterocycles. The van der Waals surface area contributed by atoms with E-state index < -0.39 is 0 Å². The van der Waals surface area contributed by atoms with E-state index in [2.05, 4.69) is 48.2 Å². The molecule has 1 heterocycles. The summed E-state index contributed by atoms with van der Waals surface area (Å²) in [6.45, 7) is 0. The zero-order valence-corrected chi connectivity index (χ0v) is 12.7. The number of likely N-dealkylation sites (N-methyl/N-ethyl adjacent to an activating group) is 2. The largest absolute Gasteiger partial charge is 0.315 e. The van der Waals surface area contributed by atoms with Gasteiger partial charge in [-0.1, -0.05) is 12.8 Å². The third kappa shape index (κ3) is 2.79. The van der Waals surface area contributed by atoms with Crippen molar-refractivity contribution in [2.75, 3.05) is 21.1 Å². The molecule has 1 unspecified atom stereocenters. The fraction of sp³-hybridized carbons (Fsp3) is 0.733. The Morgan fingerprint density at radius 2 is 2.11 bits per heavy atom. The normalized spacial score (nSPS) is 20.4. The van der Waals surface area contributed by atoms with Crippen LogP contribution in [-0.2, 0) is 6.42 Å². The van der Waals surface area contributed by atoms with Crippen molar-refractivity contribution in [1.82, 2.24) is 10.2 Å². The molecular weight excluding hydrogens is 240 g/mol. The minimum Gasteiger partial charge on any atom is -0.315 e. The zero-order chi connectivity index (χ0) is 13.0. The Labute approximate surface area is 115 Å². The van der Waals surface area contributed by atoms with Crippen molar-refractivity contribution in [3.63, 3.8) is 0 Å². The summed E-state index contributed by atoms with van der Waals surface area (Å²) < 4.78 is 0. The number of nitrogens with one attached hydrogen (secondary N) is 1. The molecule has 1 fully saturated rings. The van der Waals surface area contributed by atoms with Crippen molar-refractivity contribution in [3.05, 3.63) is 22.4 Å². The Morgan fingerprint density at radius 1 is 1.39 bits per heavy atom. The summed E-state index contributed by atoms with van der Waals surface area (Å²) in [4.78, 5) is 2.47. The minimum atomic E-state index is 0.380. The van der Waals surface area contributed by atoms with Crippen LogP contribution < -0.4 is 5.32 Å². The average Bonchev–Trinajstić information content (AvgIpc) is 3.00. The minimum absolute atomic E-state index is 0.380. The number of rotatable bonds is 6. The van der Waals surface area contributed by atoms with Crippen LogP contribution in [0, 0.1) is 0 Å². The van der Waals surface area contributed by atoms with Crippen LogP contribution in [0.4, 0.5) is 0 Å². The van der Waals surface area contributed by atoms with Crippen LogP contribution in [0.1, 0.15) is 37.7 Å². The molecule has 1 aromatic rings. The molecule has 0 aromatic carbocycles. The van der Waals surface area contributed by atoms with Crippen LogP contribution in [0.3, 0.4) is 0 Å². The van der Waals surface area contributed by atoms with Crippen molar-refractivity contribution in [2.24, 2.45) is 0 Å². The maximum Gasteiger partial charge on any atom is 0.0356 e. The molecule has 1 N–H and O–H groups in total. The molecule has 0 saturated heterocycles. The van der Waals surface area contributed by atoms with Crippen LogP contribution in [0.15, 0.2) is 16.8 Å². The molecule has 0 radical (unpaired) electrons. The quantitative estimate of drug-likeness (QED) is 0.851. The van der Waals surface area contributed by atoms with Gasteiger partial charge in [0.15, 0.2) is 0 Å². The molecule has 18 heavy (non-hydrogen) atoms. The van der Waals surface area contributed by atoms with Crippen LogP contribution >= 0.6 is 11.3 Å². The van der Waals surface area contributed by atoms with E-state index in [0.29, 0.717) is 11.6 Å². The maximum absolute atomic E-state index is 3.59. The molecule has 0 bridgehead atoms. The number of thiophene rings is 1. The first-order chi connectivity index (χ1) is 8.69. The molecule has 1 aliphatic rings. The predicted molar refractivity (Wildman–Crippen MR) is 80.4 cm³/mol. The van der Waals surface area contributed by atoms with Gasteiger partial charge in [-0.15, -0.1) is 0 Å². The van der Waals surface area contributed by atoms with Crippen molar-refractivity contribution >= 4 is 11.3 Å². The SMILES string of the molecule is CNC(CCc1ccsc1)C1(N(C)C)CCCC1. The first-order valence-corrected chi connectivity index (χ1v) is 7.99. The highest BCUT2D eigenvalue weighted by atomic mass is 32.1. The van der Waals surface area contributed by atoms with Gasteiger partial charge in [0, 0.05) is 11.6 Å². The first-order valence-electron chi connectivity index (χ1n) is 7.05. The molecule has 102 valence electrons. The second-order valence-electron chi connectivity index (χ2n) is 5.72. The maximum atomic E-state index is 3.59. The molecule has 3 heteroatoms. The third-order valence-corrected chi connectivity index (χ3v) is 5.39. The molecule has 2 rings (SSSR count). The van der Waals surface area contributed by atoms with E-state index in [0.717, 1.165) is 0 Å². The van der Waals surface area contributed by atoms with E-state index in [1.165, 1.54) is 44.1 Å². The fourth-order valence-electron chi connectivity index (χ4n) is 3.52. The molecule has 1 saturated carbocycles. The van der Waals surface area contributed by atoms with E-state index in [1.807, 2.05) is 0 Å². The van der Waals surface area contributed by atoms with Gasteiger partial charge in [0.25, 0.3) is 0 Å². The molecule has 0 amide bonds. The summed E-state index contributed by atoms with van der Waals surface area (Å²) in [6.07, 6.45) is 7.89. The first kappa shape index (κ1) is 14.0. The molecule has 1 aromatic heterocycles. The van der Waals surface area contributed by atoms with Crippen LogP contribution in [0.5, 0.6) is 0 Å². The van der Waals surface area contributed by atoms with Gasteiger partial charge in [0.05, 0.1) is 0 Å². The second kappa shape index (κ2) is 6.18. The van der Waals surface area contributed by atoms with E-state index >= 15 is 0 Å². The van der Waals surface area contributed by atoms with E-state index in [9.17, 15) is 0 Å². The monoisotopic (exact) mass is 266 g/mol. The van der Waals surface area contributed by atoms with Crippen LogP contribution in [-0.4, -0.2) is 37.6 Å². The molecule has 1 atom stereocenters. The standard InChI is InChI=1S/C15H26N2S/c1-16-14(7-6-13-8-11-18-12-13)15(17(2)3)9-4-5-10-15/h8,11-12,14,16H,4-7,9-10H2,1-3H3. The summed E-state index contributed by atoms with van der Waals surface area (Å²) in [5, 5.41) is 8.05. The highest BCUT2D eigenvalue weighted by Gasteiger charge is 2.42. The molecular formula is C15H26N2S. The van der Waals surface area contributed by atoms with Gasteiger partial charge in [-0.25, -0.2) is 0 Å². The molecule has 0 spiro atoms. The van der Waals surface area contributed by atoms with Crippen LogP contribution in [0.25, 0.3) is 0 Å². The smallest absolute Gasteiger partial charge is 0.0356 e. The predicted octanol–water partition coefficient (Wildman–Crippen LogP) is 3.14. The van der Waals surface area contributed by atoms with Gasteiger partial charge >= 0.3 is 0 Å². The summed E-state index contributed by atoms with van der Waals surface area (Å²) in [5.41, 5.74) is 1.87. The Hall–Kier alpha value is -0.380. The van der Waals surface area contributed by atoms with Crippen molar-refractivity contribution in [1.29, 1.82) is 0 Å². The van der Waals surface area contributed by atoms with Crippen molar-refractivity contribution < 1.29 is 0 Å². The summed E-state index contributed by atoms with van der Waals surface area (Å²) in [6, 6.07) is 2.86. The van der Waals surface area contributed by atoms with Gasteiger partial charge in [0.2, 0.25) is 0 Å². The van der Waals surface area contributed by atoms with Crippen molar-refractivity contribution in [3.8, 4) is 0 Å². The van der Waals surface area contributed by atoms with Gasteiger partial charge in [-0.05, 0) is 69.2 Å². The van der Waals surface area contributed by atoms with Gasteiger partial charge in [0.1, 0.15) is 0 Å². The highest BCUT2D eigenvalue weighted by Crippen LogP contribution is 2.38. The van der Waals surface area contributed by atoms with Gasteiger partial charge in [-0.3, -0.25) is 0 Å². The Morgan fingerprint density at radius 3 is 2.61 bits per heavy atom. The van der Waals surface area contributed by atoms with Crippen LogP contribution in [0.2, 0.25) is 0 Å². The van der Waals surface area contributed by atoms with Gasteiger partial charge in [-0.2, -0.15) is 11.3 Å². The van der Waals surface area contributed by atoms with E-state index in [1.54, 1.807) is 11.3 Å². The lowest BCUT2D eigenvalue weighted by Gasteiger charge is -2.43.